The van der Waals surface area contributed by atoms with E-state index < -0.39 is 0 Å². The number of benzene rings is 1. The zero-order valence-electron chi connectivity index (χ0n) is 16.5. The van der Waals surface area contributed by atoms with Gasteiger partial charge in [-0.25, -0.2) is 9.97 Å². The molecule has 7 heteroatoms. The first kappa shape index (κ1) is 19.0. The molecular formula is C22H25N5O2. The summed E-state index contributed by atoms with van der Waals surface area (Å²) in [5.41, 5.74) is 2.80. The van der Waals surface area contributed by atoms with Gasteiger partial charge in [-0.1, -0.05) is 12.1 Å². The molecule has 1 saturated heterocycles. The lowest BCUT2D eigenvalue weighted by molar-refractivity contribution is -0.121. The second-order valence-corrected chi connectivity index (χ2v) is 7.08. The Balaban J connectivity index is 1.32. The Morgan fingerprint density at radius 3 is 2.90 bits per heavy atom. The van der Waals surface area contributed by atoms with Crippen molar-refractivity contribution < 1.29 is 9.53 Å². The van der Waals surface area contributed by atoms with Crippen molar-refractivity contribution >= 4 is 11.9 Å². The molecule has 0 saturated carbocycles. The Hall–Kier alpha value is -3.35. The van der Waals surface area contributed by atoms with Gasteiger partial charge in [-0.3, -0.25) is 4.79 Å². The Morgan fingerprint density at radius 1 is 1.28 bits per heavy atom. The summed E-state index contributed by atoms with van der Waals surface area (Å²) in [4.78, 5) is 26.8. The molecule has 1 unspecified atom stereocenters. The fraction of sp³-hybridized carbons (Fsp3) is 0.318. The van der Waals surface area contributed by atoms with Gasteiger partial charge in [0.25, 0.3) is 0 Å². The molecule has 4 rings (SSSR count). The van der Waals surface area contributed by atoms with Crippen LogP contribution < -0.4 is 15.0 Å². The highest BCUT2D eigenvalue weighted by Gasteiger charge is 2.25. The normalized spacial score (nSPS) is 16.0. The molecule has 29 heavy (non-hydrogen) atoms. The molecule has 2 N–H and O–H groups in total. The van der Waals surface area contributed by atoms with Crippen molar-refractivity contribution in [2.24, 2.45) is 0 Å². The maximum absolute atomic E-state index is 12.4. The molecule has 0 aliphatic carbocycles. The van der Waals surface area contributed by atoms with Gasteiger partial charge in [-0.15, -0.1) is 0 Å². The van der Waals surface area contributed by atoms with Crippen LogP contribution in [-0.2, 0) is 11.2 Å². The van der Waals surface area contributed by atoms with Crippen LogP contribution in [0.2, 0.25) is 0 Å². The minimum atomic E-state index is 0.0297. The van der Waals surface area contributed by atoms with Crippen LogP contribution in [0.1, 0.15) is 18.9 Å². The number of carbonyl (C=O) groups is 1. The lowest BCUT2D eigenvalue weighted by Crippen LogP contribution is -2.38. The van der Waals surface area contributed by atoms with Crippen molar-refractivity contribution in [3.8, 4) is 17.1 Å². The van der Waals surface area contributed by atoms with Crippen LogP contribution in [0, 0.1) is 0 Å². The molecular weight excluding hydrogens is 366 g/mol. The van der Waals surface area contributed by atoms with Crippen LogP contribution in [0.25, 0.3) is 11.4 Å². The van der Waals surface area contributed by atoms with Crippen molar-refractivity contribution in [2.45, 2.75) is 25.8 Å². The number of nitrogens with zero attached hydrogens (tertiary/aromatic N) is 3. The van der Waals surface area contributed by atoms with Gasteiger partial charge in [-0.05, 0) is 49.2 Å². The van der Waals surface area contributed by atoms with Crippen molar-refractivity contribution in [3.63, 3.8) is 0 Å². The predicted octanol–water partition coefficient (Wildman–Crippen LogP) is 2.81. The van der Waals surface area contributed by atoms with Gasteiger partial charge < -0.3 is 19.9 Å². The van der Waals surface area contributed by atoms with Crippen LogP contribution in [-0.4, -0.2) is 46.6 Å². The van der Waals surface area contributed by atoms with Crippen molar-refractivity contribution in [1.82, 2.24) is 20.3 Å². The summed E-state index contributed by atoms with van der Waals surface area (Å²) in [6.45, 7) is 4.12. The SMILES string of the molecule is CCOc1ccc(CC(=O)NC2CCN(c3nccc(-c4ccc[nH]4)n3)C2)cc1. The summed E-state index contributed by atoms with van der Waals surface area (Å²) in [7, 11) is 0. The average Bonchev–Trinajstić information content (AvgIpc) is 3.42. The van der Waals surface area contributed by atoms with Gasteiger partial charge in [0.2, 0.25) is 11.9 Å². The summed E-state index contributed by atoms with van der Waals surface area (Å²) in [5.74, 6) is 1.55. The Kier molecular flexibility index (Phi) is 5.74. The van der Waals surface area contributed by atoms with Crippen molar-refractivity contribution in [3.05, 3.63) is 60.4 Å². The molecule has 1 atom stereocenters. The van der Waals surface area contributed by atoms with Crippen molar-refractivity contribution in [1.29, 1.82) is 0 Å². The lowest BCUT2D eigenvalue weighted by atomic mass is 10.1. The molecule has 1 aliphatic rings. The number of anilines is 1. The topological polar surface area (TPSA) is 83.1 Å². The Bertz CT molecular complexity index is 940. The van der Waals surface area contributed by atoms with E-state index in [2.05, 4.69) is 25.2 Å². The molecule has 1 aliphatic heterocycles. The molecule has 3 heterocycles. The molecule has 3 aromatic rings. The summed E-state index contributed by atoms with van der Waals surface area (Å²) >= 11 is 0. The third-order valence-corrected chi connectivity index (χ3v) is 4.95. The van der Waals surface area contributed by atoms with Crippen LogP contribution in [0.4, 0.5) is 5.95 Å². The van der Waals surface area contributed by atoms with E-state index in [1.807, 2.05) is 55.6 Å². The second-order valence-electron chi connectivity index (χ2n) is 7.08. The molecule has 0 spiro atoms. The van der Waals surface area contributed by atoms with Crippen LogP contribution >= 0.6 is 0 Å². The highest BCUT2D eigenvalue weighted by molar-refractivity contribution is 5.79. The first-order chi connectivity index (χ1) is 14.2. The number of hydrogen-bond donors (Lipinski definition) is 2. The molecule has 150 valence electrons. The number of amides is 1. The van der Waals surface area contributed by atoms with Gasteiger partial charge in [-0.2, -0.15) is 0 Å². The average molecular weight is 391 g/mol. The molecule has 1 aromatic carbocycles. The fourth-order valence-corrected chi connectivity index (χ4v) is 3.53. The van der Waals surface area contributed by atoms with Crippen LogP contribution in [0.3, 0.4) is 0 Å². The van der Waals surface area contributed by atoms with Gasteiger partial charge >= 0.3 is 0 Å². The molecule has 7 nitrogen and oxygen atoms in total. The Labute approximate surface area is 170 Å². The summed E-state index contributed by atoms with van der Waals surface area (Å²) in [6.07, 6.45) is 4.89. The van der Waals surface area contributed by atoms with Crippen LogP contribution in [0.15, 0.2) is 54.9 Å². The maximum atomic E-state index is 12.4. The number of hydrogen-bond acceptors (Lipinski definition) is 5. The largest absolute Gasteiger partial charge is 0.494 e. The van der Waals surface area contributed by atoms with E-state index in [1.54, 1.807) is 6.20 Å². The predicted molar refractivity (Wildman–Crippen MR) is 112 cm³/mol. The van der Waals surface area contributed by atoms with Gasteiger partial charge in [0, 0.05) is 31.5 Å². The van der Waals surface area contributed by atoms with Crippen LogP contribution in [0.5, 0.6) is 5.75 Å². The summed E-state index contributed by atoms with van der Waals surface area (Å²) in [5, 5.41) is 3.14. The number of aromatic amines is 1. The van der Waals surface area contributed by atoms with Gasteiger partial charge in [0.05, 0.1) is 24.4 Å². The smallest absolute Gasteiger partial charge is 0.225 e. The third kappa shape index (κ3) is 4.74. The monoisotopic (exact) mass is 391 g/mol. The molecule has 0 bridgehead atoms. The molecule has 1 amide bonds. The fourth-order valence-electron chi connectivity index (χ4n) is 3.53. The molecule has 2 aromatic heterocycles. The third-order valence-electron chi connectivity index (χ3n) is 4.95. The van der Waals surface area contributed by atoms with E-state index in [0.717, 1.165) is 35.7 Å². The maximum Gasteiger partial charge on any atom is 0.225 e. The second kappa shape index (κ2) is 8.77. The number of carbonyl (C=O) groups excluding carboxylic acids is 1. The Morgan fingerprint density at radius 2 is 2.14 bits per heavy atom. The lowest BCUT2D eigenvalue weighted by Gasteiger charge is -2.17. The minimum absolute atomic E-state index is 0.0297. The quantitative estimate of drug-likeness (QED) is 0.647. The summed E-state index contributed by atoms with van der Waals surface area (Å²) < 4.78 is 5.44. The first-order valence-corrected chi connectivity index (χ1v) is 9.94. The van der Waals surface area contributed by atoms with Gasteiger partial charge in [0.1, 0.15) is 5.75 Å². The number of aromatic nitrogens is 3. The zero-order valence-corrected chi connectivity index (χ0v) is 16.5. The van der Waals surface area contributed by atoms with Crippen molar-refractivity contribution in [2.75, 3.05) is 24.6 Å². The van der Waals surface area contributed by atoms with E-state index in [4.69, 9.17) is 4.74 Å². The highest BCUT2D eigenvalue weighted by atomic mass is 16.5. The van der Waals surface area contributed by atoms with E-state index in [1.165, 1.54) is 0 Å². The molecule has 1 fully saturated rings. The molecule has 0 radical (unpaired) electrons. The summed E-state index contributed by atoms with van der Waals surface area (Å²) in [6, 6.07) is 13.6. The van der Waals surface area contributed by atoms with E-state index >= 15 is 0 Å². The van der Waals surface area contributed by atoms with E-state index in [-0.39, 0.29) is 11.9 Å². The highest BCUT2D eigenvalue weighted by Crippen LogP contribution is 2.20. The van der Waals surface area contributed by atoms with E-state index in [0.29, 0.717) is 25.5 Å². The van der Waals surface area contributed by atoms with E-state index in [9.17, 15) is 4.79 Å². The number of rotatable bonds is 7. The number of H-pyrrole nitrogens is 1. The minimum Gasteiger partial charge on any atom is -0.494 e. The standard InChI is InChI=1S/C22H25N5O2/c1-2-29-18-7-5-16(6-8-18)14-21(28)25-17-10-13-27(15-17)22-24-12-9-20(26-22)19-4-3-11-23-19/h3-9,11-12,17,23H,2,10,13-15H2,1H3,(H,25,28). The number of ether oxygens (including phenoxy) is 1. The van der Waals surface area contributed by atoms with Gasteiger partial charge in [0.15, 0.2) is 0 Å². The first-order valence-electron chi connectivity index (χ1n) is 9.94. The number of nitrogens with one attached hydrogen (secondary N) is 2. The zero-order chi connectivity index (χ0) is 20.1.